The maximum atomic E-state index is 12.7. The van der Waals surface area contributed by atoms with Gasteiger partial charge in [-0.15, -0.1) is 0 Å². The fourth-order valence-corrected chi connectivity index (χ4v) is 4.74. The van der Waals surface area contributed by atoms with Gasteiger partial charge in [0.25, 0.3) is 0 Å². The Kier molecular flexibility index (Phi) is 6.68. The van der Waals surface area contributed by atoms with Crippen molar-refractivity contribution in [3.8, 4) is 0 Å². The molecule has 0 radical (unpaired) electrons. The van der Waals surface area contributed by atoms with Crippen molar-refractivity contribution in [2.45, 2.75) is 78.2 Å². The van der Waals surface area contributed by atoms with Crippen molar-refractivity contribution in [3.05, 3.63) is 35.4 Å². The summed E-state index contributed by atoms with van der Waals surface area (Å²) in [5.41, 5.74) is 2.42. The van der Waals surface area contributed by atoms with E-state index in [1.165, 1.54) is 10.5 Å². The van der Waals surface area contributed by atoms with Crippen LogP contribution in [0, 0.1) is 17.8 Å². The van der Waals surface area contributed by atoms with Gasteiger partial charge in [-0.2, -0.15) is 0 Å². The number of hydrogen-bond acceptors (Lipinski definition) is 3. The van der Waals surface area contributed by atoms with Crippen LogP contribution in [0.3, 0.4) is 0 Å². The normalized spacial score (nSPS) is 22.9. The third-order valence-electron chi connectivity index (χ3n) is 6.61. The number of benzene rings is 1. The highest BCUT2D eigenvalue weighted by Crippen LogP contribution is 2.38. The lowest BCUT2D eigenvalue weighted by atomic mass is 9.81. The fourth-order valence-electron chi connectivity index (χ4n) is 4.74. The first-order valence-electron chi connectivity index (χ1n) is 11.3. The first kappa shape index (κ1) is 22.5. The van der Waals surface area contributed by atoms with Crippen LogP contribution in [-0.4, -0.2) is 29.2 Å². The van der Waals surface area contributed by atoms with E-state index in [1.54, 1.807) is 0 Å². The van der Waals surface area contributed by atoms with Crippen molar-refractivity contribution >= 4 is 17.7 Å². The molecule has 3 atom stereocenters. The van der Waals surface area contributed by atoms with Gasteiger partial charge in [0.05, 0.1) is 17.9 Å². The number of fused-ring (bicyclic) bond motifs is 1. The number of imide groups is 1. The van der Waals surface area contributed by atoms with E-state index in [9.17, 15) is 14.4 Å². The molecular weight excluding hydrogens is 376 g/mol. The molecule has 1 saturated heterocycles. The number of amides is 3. The van der Waals surface area contributed by atoms with Gasteiger partial charge in [0.1, 0.15) is 0 Å². The molecule has 2 fully saturated rings. The maximum absolute atomic E-state index is 12.7. The molecule has 164 valence electrons. The van der Waals surface area contributed by atoms with Gasteiger partial charge in [-0.05, 0) is 35.3 Å². The summed E-state index contributed by atoms with van der Waals surface area (Å²) in [7, 11) is 0. The van der Waals surface area contributed by atoms with E-state index in [-0.39, 0.29) is 59.9 Å². The number of carbonyl (C=O) groups is 3. The van der Waals surface area contributed by atoms with E-state index in [2.05, 4.69) is 64.2 Å². The van der Waals surface area contributed by atoms with Crippen LogP contribution < -0.4 is 5.32 Å². The van der Waals surface area contributed by atoms with Crippen LogP contribution in [0.5, 0.6) is 0 Å². The second kappa shape index (κ2) is 8.91. The molecule has 3 rings (SSSR count). The van der Waals surface area contributed by atoms with Crippen molar-refractivity contribution in [2.24, 2.45) is 17.8 Å². The van der Waals surface area contributed by atoms with Gasteiger partial charge in [-0.1, -0.05) is 71.7 Å². The highest BCUT2D eigenvalue weighted by molar-refractivity contribution is 6.05. The van der Waals surface area contributed by atoms with E-state index >= 15 is 0 Å². The van der Waals surface area contributed by atoms with Crippen molar-refractivity contribution in [1.82, 2.24) is 10.2 Å². The molecule has 3 amide bonds. The Morgan fingerprint density at radius 3 is 2.03 bits per heavy atom. The molecule has 1 aromatic carbocycles. The Morgan fingerprint density at radius 2 is 1.57 bits per heavy atom. The SMILES string of the molecule is CC(C)[C@@H](NC(=O)CCN1C(=O)[C@H]2CCCC[C@H]2C1=O)c1ccc(C(C)(C)C)cc1. The van der Waals surface area contributed by atoms with E-state index in [0.29, 0.717) is 0 Å². The summed E-state index contributed by atoms with van der Waals surface area (Å²) in [5, 5.41) is 3.12. The number of carbonyl (C=O) groups excluding carboxylic acids is 3. The predicted molar refractivity (Wildman–Crippen MR) is 118 cm³/mol. The smallest absolute Gasteiger partial charge is 0.233 e. The first-order chi connectivity index (χ1) is 14.1. The number of nitrogens with zero attached hydrogens (tertiary/aromatic N) is 1. The summed E-state index contributed by atoms with van der Waals surface area (Å²) in [6.45, 7) is 10.9. The number of nitrogens with one attached hydrogen (secondary N) is 1. The van der Waals surface area contributed by atoms with E-state index in [1.807, 2.05) is 0 Å². The molecule has 0 spiro atoms. The first-order valence-corrected chi connectivity index (χ1v) is 11.3. The molecule has 2 aliphatic rings. The van der Waals surface area contributed by atoms with Crippen LogP contribution in [0.2, 0.25) is 0 Å². The van der Waals surface area contributed by atoms with Gasteiger partial charge in [-0.3, -0.25) is 19.3 Å². The standard InChI is InChI=1S/C25H36N2O3/c1-16(2)22(17-10-12-18(13-11-17)25(3,4)5)26-21(28)14-15-27-23(29)19-8-6-7-9-20(19)24(27)30/h10-13,16,19-20,22H,6-9,14-15H2,1-5H3,(H,26,28)/t19-,20+,22-/m1/s1. The maximum Gasteiger partial charge on any atom is 0.233 e. The highest BCUT2D eigenvalue weighted by atomic mass is 16.2. The van der Waals surface area contributed by atoms with Gasteiger partial charge in [0.2, 0.25) is 17.7 Å². The molecular formula is C25H36N2O3. The monoisotopic (exact) mass is 412 g/mol. The number of hydrogen-bond donors (Lipinski definition) is 1. The molecule has 0 bridgehead atoms. The molecule has 1 aliphatic heterocycles. The van der Waals surface area contributed by atoms with Crippen molar-refractivity contribution in [1.29, 1.82) is 0 Å². The Bertz CT molecular complexity index is 768. The topological polar surface area (TPSA) is 66.5 Å². The molecule has 1 saturated carbocycles. The van der Waals surface area contributed by atoms with Crippen molar-refractivity contribution in [2.75, 3.05) is 6.54 Å². The Morgan fingerprint density at radius 1 is 1.03 bits per heavy atom. The molecule has 1 heterocycles. The Hall–Kier alpha value is -2.17. The molecule has 5 heteroatoms. The lowest BCUT2D eigenvalue weighted by Gasteiger charge is -2.25. The average Bonchev–Trinajstić information content (AvgIpc) is 2.94. The quantitative estimate of drug-likeness (QED) is 0.706. The van der Waals surface area contributed by atoms with Gasteiger partial charge in [0.15, 0.2) is 0 Å². The van der Waals surface area contributed by atoms with Crippen LogP contribution in [0.25, 0.3) is 0 Å². The van der Waals surface area contributed by atoms with Crippen LogP contribution in [-0.2, 0) is 19.8 Å². The summed E-state index contributed by atoms with van der Waals surface area (Å²) in [6.07, 6.45) is 3.78. The summed E-state index contributed by atoms with van der Waals surface area (Å²) >= 11 is 0. The summed E-state index contributed by atoms with van der Waals surface area (Å²) in [5.74, 6) is -0.346. The van der Waals surface area contributed by atoms with Gasteiger partial charge >= 0.3 is 0 Å². The van der Waals surface area contributed by atoms with E-state index in [0.717, 1.165) is 31.2 Å². The second-order valence-corrected chi connectivity index (χ2v) is 10.2. The van der Waals surface area contributed by atoms with Crippen LogP contribution in [0.15, 0.2) is 24.3 Å². The lowest BCUT2D eigenvalue weighted by Crippen LogP contribution is -2.37. The van der Waals surface area contributed by atoms with E-state index in [4.69, 9.17) is 0 Å². The predicted octanol–water partition coefficient (Wildman–Crippen LogP) is 4.36. The van der Waals surface area contributed by atoms with Gasteiger partial charge in [0, 0.05) is 13.0 Å². The van der Waals surface area contributed by atoms with E-state index < -0.39 is 0 Å². The molecule has 1 N–H and O–H groups in total. The summed E-state index contributed by atoms with van der Waals surface area (Å²) in [4.78, 5) is 39.2. The molecule has 5 nitrogen and oxygen atoms in total. The lowest BCUT2D eigenvalue weighted by molar-refractivity contribution is -0.140. The second-order valence-electron chi connectivity index (χ2n) is 10.2. The van der Waals surface area contributed by atoms with Crippen molar-refractivity contribution < 1.29 is 14.4 Å². The van der Waals surface area contributed by atoms with Crippen LogP contribution in [0.4, 0.5) is 0 Å². The van der Waals surface area contributed by atoms with Crippen molar-refractivity contribution in [3.63, 3.8) is 0 Å². The Balaban J connectivity index is 1.61. The fraction of sp³-hybridized carbons (Fsp3) is 0.640. The molecule has 1 aromatic rings. The zero-order chi connectivity index (χ0) is 22.1. The Labute approximate surface area is 180 Å². The largest absolute Gasteiger partial charge is 0.349 e. The zero-order valence-electron chi connectivity index (χ0n) is 19.0. The molecule has 30 heavy (non-hydrogen) atoms. The number of likely N-dealkylation sites (tertiary alicyclic amines) is 1. The third-order valence-corrected chi connectivity index (χ3v) is 6.61. The number of rotatable bonds is 6. The minimum atomic E-state index is -0.154. The minimum Gasteiger partial charge on any atom is -0.349 e. The van der Waals surface area contributed by atoms with Crippen LogP contribution >= 0.6 is 0 Å². The van der Waals surface area contributed by atoms with Crippen LogP contribution in [0.1, 0.15) is 83.9 Å². The van der Waals surface area contributed by atoms with Gasteiger partial charge in [-0.25, -0.2) is 0 Å². The average molecular weight is 413 g/mol. The summed E-state index contributed by atoms with van der Waals surface area (Å²) in [6, 6.07) is 8.33. The molecule has 1 aliphatic carbocycles. The molecule has 0 aromatic heterocycles. The highest BCUT2D eigenvalue weighted by Gasteiger charge is 2.47. The zero-order valence-corrected chi connectivity index (χ0v) is 19.0. The molecule has 0 unspecified atom stereocenters. The third kappa shape index (κ3) is 4.76. The summed E-state index contributed by atoms with van der Waals surface area (Å²) < 4.78 is 0. The minimum absolute atomic E-state index is 0.0734. The van der Waals surface area contributed by atoms with Gasteiger partial charge < -0.3 is 5.32 Å².